The molecule has 1 aliphatic rings. The Bertz CT molecular complexity index is 1010. The Morgan fingerprint density at radius 3 is 2.43 bits per heavy atom. The number of imide groups is 1. The third kappa shape index (κ3) is 4.13. The zero-order chi connectivity index (χ0) is 21.9. The summed E-state index contributed by atoms with van der Waals surface area (Å²) >= 11 is 6.19. The molecule has 3 rings (SSSR count). The van der Waals surface area contributed by atoms with Crippen molar-refractivity contribution >= 4 is 35.4 Å². The van der Waals surface area contributed by atoms with Gasteiger partial charge in [-0.15, -0.1) is 0 Å². The summed E-state index contributed by atoms with van der Waals surface area (Å²) in [5, 5.41) is 5.61. The number of carbonyl (C=O) groups is 4. The zero-order valence-corrected chi connectivity index (χ0v) is 17.2. The molecule has 1 heterocycles. The number of methoxy groups -OCH3 is 1. The molecular formula is C21H20ClN3O5. The highest BCUT2D eigenvalue weighted by atomic mass is 35.5. The molecule has 1 atom stereocenters. The number of nitrogens with one attached hydrogen (secondary N) is 2. The number of hydrogen-bond donors (Lipinski definition) is 2. The zero-order valence-electron chi connectivity index (χ0n) is 16.4. The number of amides is 4. The number of ether oxygens (including phenoxy) is 1. The minimum atomic E-state index is -1.35. The summed E-state index contributed by atoms with van der Waals surface area (Å²) < 4.78 is 4.63. The Balaban J connectivity index is 1.63. The third-order valence-electron chi connectivity index (χ3n) is 4.85. The lowest BCUT2D eigenvalue weighted by molar-refractivity contribution is -0.134. The molecule has 0 radical (unpaired) electrons. The number of halogens is 1. The average Bonchev–Trinajstić information content (AvgIpc) is 2.96. The molecule has 1 saturated heterocycles. The van der Waals surface area contributed by atoms with Crippen molar-refractivity contribution in [3.8, 4) is 0 Å². The monoisotopic (exact) mass is 429 g/mol. The maximum Gasteiger partial charge on any atom is 0.337 e. The Labute approximate surface area is 178 Å². The SMILES string of the molecule is COC(=O)c1ccc(CNC(=O)CN2C(=O)NC(C)(c3ccccc3Cl)C2=O)cc1. The number of esters is 1. The van der Waals surface area contributed by atoms with E-state index in [4.69, 9.17) is 11.6 Å². The molecular weight excluding hydrogens is 410 g/mol. The van der Waals surface area contributed by atoms with Gasteiger partial charge in [0.05, 0.1) is 12.7 Å². The average molecular weight is 430 g/mol. The molecule has 8 nitrogen and oxygen atoms in total. The molecule has 2 aromatic rings. The molecule has 1 fully saturated rings. The molecule has 9 heteroatoms. The van der Waals surface area contributed by atoms with Crippen LogP contribution in [0, 0.1) is 0 Å². The van der Waals surface area contributed by atoms with Gasteiger partial charge in [0.15, 0.2) is 0 Å². The number of benzene rings is 2. The van der Waals surface area contributed by atoms with Crippen molar-refractivity contribution in [2.24, 2.45) is 0 Å². The smallest absolute Gasteiger partial charge is 0.337 e. The van der Waals surface area contributed by atoms with Crippen LogP contribution in [0.3, 0.4) is 0 Å². The van der Waals surface area contributed by atoms with E-state index < -0.39 is 35.9 Å². The van der Waals surface area contributed by atoms with E-state index in [9.17, 15) is 19.2 Å². The summed E-state index contributed by atoms with van der Waals surface area (Å²) in [5.41, 5.74) is 0.248. The Morgan fingerprint density at radius 2 is 1.80 bits per heavy atom. The van der Waals surface area contributed by atoms with Gasteiger partial charge in [0.1, 0.15) is 12.1 Å². The van der Waals surface area contributed by atoms with Crippen LogP contribution in [0.5, 0.6) is 0 Å². The maximum atomic E-state index is 12.9. The molecule has 2 N–H and O–H groups in total. The van der Waals surface area contributed by atoms with Crippen LogP contribution in [0.1, 0.15) is 28.4 Å². The largest absolute Gasteiger partial charge is 0.465 e. The van der Waals surface area contributed by atoms with Crippen LogP contribution in [0.4, 0.5) is 4.79 Å². The van der Waals surface area contributed by atoms with E-state index >= 15 is 0 Å². The second-order valence-corrected chi connectivity index (χ2v) is 7.30. The molecule has 156 valence electrons. The van der Waals surface area contributed by atoms with Gasteiger partial charge in [-0.25, -0.2) is 9.59 Å². The molecule has 0 bridgehead atoms. The quantitative estimate of drug-likeness (QED) is 0.541. The van der Waals surface area contributed by atoms with Crippen molar-refractivity contribution in [1.82, 2.24) is 15.5 Å². The van der Waals surface area contributed by atoms with Crippen molar-refractivity contribution in [2.45, 2.75) is 19.0 Å². The maximum absolute atomic E-state index is 12.9. The van der Waals surface area contributed by atoms with Gasteiger partial charge >= 0.3 is 12.0 Å². The van der Waals surface area contributed by atoms with Gasteiger partial charge in [-0.05, 0) is 30.7 Å². The highest BCUT2D eigenvalue weighted by molar-refractivity contribution is 6.32. The fraction of sp³-hybridized carbons (Fsp3) is 0.238. The highest BCUT2D eigenvalue weighted by Crippen LogP contribution is 2.33. The van der Waals surface area contributed by atoms with Crippen molar-refractivity contribution in [3.05, 3.63) is 70.2 Å². The summed E-state index contributed by atoms with van der Waals surface area (Å²) in [7, 11) is 1.29. The first-order valence-electron chi connectivity index (χ1n) is 9.09. The topological polar surface area (TPSA) is 105 Å². The second kappa shape index (κ2) is 8.54. The van der Waals surface area contributed by atoms with Gasteiger partial charge in [0.2, 0.25) is 5.91 Å². The lowest BCUT2D eigenvalue weighted by Gasteiger charge is -2.23. The molecule has 0 aliphatic carbocycles. The number of urea groups is 1. The van der Waals surface area contributed by atoms with Gasteiger partial charge in [-0.2, -0.15) is 0 Å². The molecule has 4 amide bonds. The van der Waals surface area contributed by atoms with Crippen molar-refractivity contribution < 1.29 is 23.9 Å². The lowest BCUT2D eigenvalue weighted by atomic mass is 9.92. The van der Waals surface area contributed by atoms with Gasteiger partial charge in [0.25, 0.3) is 5.91 Å². The van der Waals surface area contributed by atoms with E-state index in [1.54, 1.807) is 55.5 Å². The first-order valence-corrected chi connectivity index (χ1v) is 9.47. The number of carbonyl (C=O) groups excluding carboxylic acids is 4. The van der Waals surface area contributed by atoms with E-state index in [0.717, 1.165) is 10.5 Å². The second-order valence-electron chi connectivity index (χ2n) is 6.89. The normalized spacial score (nSPS) is 18.2. The fourth-order valence-corrected chi connectivity index (χ4v) is 3.49. The fourth-order valence-electron chi connectivity index (χ4n) is 3.17. The number of nitrogens with zero attached hydrogens (tertiary/aromatic N) is 1. The summed E-state index contributed by atoms with van der Waals surface area (Å²) in [6, 6.07) is 12.6. The van der Waals surface area contributed by atoms with Crippen molar-refractivity contribution in [3.63, 3.8) is 0 Å². The summed E-state index contributed by atoms with van der Waals surface area (Å²) in [4.78, 5) is 49.9. The van der Waals surface area contributed by atoms with Crippen LogP contribution in [0.2, 0.25) is 5.02 Å². The van der Waals surface area contributed by atoms with E-state index in [2.05, 4.69) is 15.4 Å². The molecule has 0 aromatic heterocycles. The van der Waals surface area contributed by atoms with E-state index in [-0.39, 0.29) is 6.54 Å². The van der Waals surface area contributed by atoms with Crippen LogP contribution in [-0.2, 0) is 26.4 Å². The minimum absolute atomic E-state index is 0.172. The Kier molecular flexibility index (Phi) is 6.07. The standard InChI is InChI=1S/C21H20ClN3O5/c1-21(15-5-3-4-6-16(15)22)19(28)25(20(29)24-21)12-17(26)23-11-13-7-9-14(10-8-13)18(27)30-2/h3-10H,11-12H2,1-2H3,(H,23,26)(H,24,29). The van der Waals surface area contributed by atoms with Gasteiger partial charge < -0.3 is 15.4 Å². The first-order chi connectivity index (χ1) is 14.3. The van der Waals surface area contributed by atoms with Crippen LogP contribution < -0.4 is 10.6 Å². The summed E-state index contributed by atoms with van der Waals surface area (Å²) in [6.45, 7) is 1.30. The van der Waals surface area contributed by atoms with Crippen LogP contribution in [-0.4, -0.2) is 42.4 Å². The lowest BCUT2D eigenvalue weighted by Crippen LogP contribution is -2.43. The van der Waals surface area contributed by atoms with Gasteiger partial charge in [-0.1, -0.05) is 41.9 Å². The van der Waals surface area contributed by atoms with E-state index in [0.29, 0.717) is 16.1 Å². The van der Waals surface area contributed by atoms with Crippen molar-refractivity contribution in [1.29, 1.82) is 0 Å². The minimum Gasteiger partial charge on any atom is -0.465 e. The van der Waals surface area contributed by atoms with Gasteiger partial charge in [0, 0.05) is 17.1 Å². The molecule has 0 saturated carbocycles. The highest BCUT2D eigenvalue weighted by Gasteiger charge is 2.50. The third-order valence-corrected chi connectivity index (χ3v) is 5.18. The van der Waals surface area contributed by atoms with E-state index in [1.165, 1.54) is 7.11 Å². The molecule has 0 spiro atoms. The van der Waals surface area contributed by atoms with Crippen LogP contribution in [0.25, 0.3) is 0 Å². The summed E-state index contributed by atoms with van der Waals surface area (Å²) in [5.74, 6) is -1.51. The first kappa shape index (κ1) is 21.3. The molecule has 1 aliphatic heterocycles. The molecule has 1 unspecified atom stereocenters. The van der Waals surface area contributed by atoms with Gasteiger partial charge in [-0.3, -0.25) is 14.5 Å². The summed E-state index contributed by atoms with van der Waals surface area (Å²) in [6.07, 6.45) is 0. The van der Waals surface area contributed by atoms with Crippen LogP contribution in [0.15, 0.2) is 48.5 Å². The predicted molar refractivity (Wildman–Crippen MR) is 109 cm³/mol. The van der Waals surface area contributed by atoms with E-state index in [1.807, 2.05) is 0 Å². The molecule has 2 aromatic carbocycles. The Morgan fingerprint density at radius 1 is 1.13 bits per heavy atom. The van der Waals surface area contributed by atoms with Crippen LogP contribution >= 0.6 is 11.6 Å². The number of rotatable bonds is 6. The predicted octanol–water partition coefficient (Wildman–Crippen LogP) is 2.21. The van der Waals surface area contributed by atoms with Crippen molar-refractivity contribution in [2.75, 3.05) is 13.7 Å². The molecule has 30 heavy (non-hydrogen) atoms. The Hall–Kier alpha value is -3.39. The number of hydrogen-bond acceptors (Lipinski definition) is 5.